The van der Waals surface area contributed by atoms with Gasteiger partial charge in [0.25, 0.3) is 0 Å². The number of rotatable bonds is 4. The second-order valence-electron chi connectivity index (χ2n) is 6.07. The Balaban J connectivity index is 1.67. The van der Waals surface area contributed by atoms with Crippen LogP contribution in [0.5, 0.6) is 0 Å². The molecule has 0 N–H and O–H groups in total. The molecule has 1 aromatic heterocycles. The molecule has 1 aliphatic heterocycles. The molecular weight excluding hydrogens is 369 g/mol. The minimum absolute atomic E-state index is 0.155. The Hall–Kier alpha value is -1.48. The molecule has 0 atom stereocenters. The van der Waals surface area contributed by atoms with Crippen LogP contribution in [0.25, 0.3) is 0 Å². The molecule has 0 amide bonds. The normalized spacial score (nSPS) is 17.1. The van der Waals surface area contributed by atoms with Crippen LogP contribution in [-0.2, 0) is 16.6 Å². The van der Waals surface area contributed by atoms with E-state index in [0.29, 0.717) is 49.2 Å². The summed E-state index contributed by atoms with van der Waals surface area (Å²) in [5.41, 5.74) is 1.20. The zero-order valence-corrected chi connectivity index (χ0v) is 15.6. The van der Waals surface area contributed by atoms with E-state index in [-0.39, 0.29) is 10.7 Å². The van der Waals surface area contributed by atoms with Crippen LogP contribution in [0.15, 0.2) is 27.6 Å². The Morgan fingerprint density at radius 3 is 2.48 bits per heavy atom. The van der Waals surface area contributed by atoms with Crippen molar-refractivity contribution in [2.45, 2.75) is 25.3 Å². The molecule has 1 aromatic carbocycles. The summed E-state index contributed by atoms with van der Waals surface area (Å²) in [5, 5.41) is 4.11. The first-order valence-electron chi connectivity index (χ1n) is 7.88. The number of nitrogens with zero attached hydrogens (tertiary/aromatic N) is 3. The minimum atomic E-state index is -3.62. The van der Waals surface area contributed by atoms with Gasteiger partial charge in [-0.25, -0.2) is 12.8 Å². The van der Waals surface area contributed by atoms with Gasteiger partial charge < -0.3 is 4.52 Å². The summed E-state index contributed by atoms with van der Waals surface area (Å²) in [6.07, 6.45) is 0. The molecular formula is C16H19ClFN3O3S. The first kappa shape index (κ1) is 18.3. The molecule has 0 unspecified atom stereocenters. The molecule has 0 aliphatic carbocycles. The third kappa shape index (κ3) is 3.72. The highest BCUT2D eigenvalue weighted by molar-refractivity contribution is 7.89. The number of aryl methyl sites for hydroxylation is 2. The summed E-state index contributed by atoms with van der Waals surface area (Å²) in [7, 11) is -3.62. The molecule has 25 heavy (non-hydrogen) atoms. The summed E-state index contributed by atoms with van der Waals surface area (Å²) in [6, 6.07) is 4.32. The van der Waals surface area contributed by atoms with Gasteiger partial charge in [0.2, 0.25) is 10.0 Å². The second-order valence-corrected chi connectivity index (χ2v) is 8.35. The third-order valence-corrected chi connectivity index (χ3v) is 6.80. The molecule has 0 saturated carbocycles. The van der Waals surface area contributed by atoms with Crippen LogP contribution < -0.4 is 0 Å². The number of aromatic nitrogens is 1. The molecule has 3 rings (SSSR count). The molecule has 0 radical (unpaired) electrons. The quantitative estimate of drug-likeness (QED) is 0.806. The van der Waals surface area contributed by atoms with E-state index in [1.807, 2.05) is 0 Å². The van der Waals surface area contributed by atoms with Crippen molar-refractivity contribution in [2.24, 2.45) is 0 Å². The molecule has 2 aromatic rings. The van der Waals surface area contributed by atoms with Crippen molar-refractivity contribution in [2.75, 3.05) is 26.2 Å². The summed E-state index contributed by atoms with van der Waals surface area (Å²) in [6.45, 7) is 5.64. The van der Waals surface area contributed by atoms with Gasteiger partial charge in [-0.3, -0.25) is 4.90 Å². The van der Waals surface area contributed by atoms with Gasteiger partial charge in [-0.15, -0.1) is 0 Å². The summed E-state index contributed by atoms with van der Waals surface area (Å²) in [4.78, 5) is 2.25. The van der Waals surface area contributed by atoms with Crippen LogP contribution in [0.1, 0.15) is 17.0 Å². The van der Waals surface area contributed by atoms with Crippen molar-refractivity contribution in [3.63, 3.8) is 0 Å². The second kappa shape index (κ2) is 7.03. The number of sulfonamides is 1. The highest BCUT2D eigenvalue weighted by Gasteiger charge is 2.33. The topological polar surface area (TPSA) is 66.7 Å². The Bertz CT molecular complexity index is 857. The smallest absolute Gasteiger partial charge is 0.248 e. The first-order chi connectivity index (χ1) is 11.8. The SMILES string of the molecule is Cc1noc(C)c1S(=O)(=O)N1CCN(Cc2ccc(F)cc2Cl)CC1. The lowest BCUT2D eigenvalue weighted by atomic mass is 10.2. The highest BCUT2D eigenvalue weighted by Crippen LogP contribution is 2.25. The zero-order chi connectivity index (χ0) is 18.2. The van der Waals surface area contributed by atoms with E-state index in [1.54, 1.807) is 19.9 Å². The zero-order valence-electron chi connectivity index (χ0n) is 14.0. The van der Waals surface area contributed by atoms with Crippen LogP contribution in [0, 0.1) is 19.7 Å². The van der Waals surface area contributed by atoms with Crippen molar-refractivity contribution < 1.29 is 17.3 Å². The first-order valence-corrected chi connectivity index (χ1v) is 9.70. The van der Waals surface area contributed by atoms with E-state index in [9.17, 15) is 12.8 Å². The predicted octanol–water partition coefficient (Wildman–Crippen LogP) is 2.59. The fourth-order valence-corrected chi connectivity index (χ4v) is 4.93. The number of hydrogen-bond donors (Lipinski definition) is 0. The van der Waals surface area contributed by atoms with Gasteiger partial charge >= 0.3 is 0 Å². The van der Waals surface area contributed by atoms with Gasteiger partial charge in [-0.05, 0) is 31.5 Å². The van der Waals surface area contributed by atoms with E-state index < -0.39 is 10.0 Å². The van der Waals surface area contributed by atoms with Crippen LogP contribution in [0.2, 0.25) is 5.02 Å². The standard InChI is InChI=1S/C16H19ClFN3O3S/c1-11-16(12(2)24-19-11)25(22,23)21-7-5-20(6-8-21)10-13-3-4-14(18)9-15(13)17/h3-4,9H,5-8,10H2,1-2H3. The number of halogens is 2. The van der Waals surface area contributed by atoms with Gasteiger partial charge in [-0.1, -0.05) is 22.8 Å². The van der Waals surface area contributed by atoms with Gasteiger partial charge in [0.05, 0.1) is 0 Å². The molecule has 6 nitrogen and oxygen atoms in total. The van der Waals surface area contributed by atoms with E-state index in [0.717, 1.165) is 5.56 Å². The Morgan fingerprint density at radius 1 is 1.24 bits per heavy atom. The molecule has 136 valence electrons. The Morgan fingerprint density at radius 2 is 1.92 bits per heavy atom. The maximum atomic E-state index is 13.1. The summed E-state index contributed by atoms with van der Waals surface area (Å²) >= 11 is 6.06. The van der Waals surface area contributed by atoms with Crippen LogP contribution in [0.3, 0.4) is 0 Å². The summed E-state index contributed by atoms with van der Waals surface area (Å²) < 4.78 is 45.1. The van der Waals surface area contributed by atoms with Crippen molar-refractivity contribution >= 4 is 21.6 Å². The van der Waals surface area contributed by atoms with Gasteiger partial charge in [-0.2, -0.15) is 4.31 Å². The molecule has 0 bridgehead atoms. The molecule has 2 heterocycles. The van der Waals surface area contributed by atoms with Crippen LogP contribution >= 0.6 is 11.6 Å². The van der Waals surface area contributed by atoms with E-state index in [4.69, 9.17) is 16.1 Å². The maximum Gasteiger partial charge on any atom is 0.248 e. The lowest BCUT2D eigenvalue weighted by Gasteiger charge is -2.34. The van der Waals surface area contributed by atoms with Crippen LogP contribution in [-0.4, -0.2) is 49.0 Å². The van der Waals surface area contributed by atoms with E-state index in [1.165, 1.54) is 16.4 Å². The van der Waals surface area contributed by atoms with Crippen molar-refractivity contribution in [1.82, 2.24) is 14.4 Å². The lowest BCUT2D eigenvalue weighted by molar-refractivity contribution is 0.181. The maximum absolute atomic E-state index is 13.1. The van der Waals surface area contributed by atoms with Gasteiger partial charge in [0.15, 0.2) is 5.76 Å². The molecule has 1 aliphatic rings. The van der Waals surface area contributed by atoms with Gasteiger partial charge in [0, 0.05) is 37.7 Å². The average molecular weight is 388 g/mol. The monoisotopic (exact) mass is 387 g/mol. The lowest BCUT2D eigenvalue weighted by Crippen LogP contribution is -2.48. The van der Waals surface area contributed by atoms with Gasteiger partial charge in [0.1, 0.15) is 16.4 Å². The van der Waals surface area contributed by atoms with Crippen molar-refractivity contribution in [1.29, 1.82) is 0 Å². The van der Waals surface area contributed by atoms with E-state index >= 15 is 0 Å². The Kier molecular flexibility index (Phi) is 5.15. The van der Waals surface area contributed by atoms with Crippen molar-refractivity contribution in [3.05, 3.63) is 46.1 Å². The number of hydrogen-bond acceptors (Lipinski definition) is 5. The largest absolute Gasteiger partial charge is 0.360 e. The fourth-order valence-electron chi connectivity index (χ4n) is 2.99. The van der Waals surface area contributed by atoms with Crippen LogP contribution in [0.4, 0.5) is 4.39 Å². The van der Waals surface area contributed by atoms with E-state index in [2.05, 4.69) is 10.1 Å². The molecule has 1 saturated heterocycles. The average Bonchev–Trinajstić information content (AvgIpc) is 2.90. The molecule has 1 fully saturated rings. The highest BCUT2D eigenvalue weighted by atomic mass is 35.5. The fraction of sp³-hybridized carbons (Fsp3) is 0.438. The minimum Gasteiger partial charge on any atom is -0.360 e. The predicted molar refractivity (Wildman–Crippen MR) is 91.4 cm³/mol. The Labute approximate surface area is 151 Å². The molecule has 0 spiro atoms. The number of piperazine rings is 1. The molecule has 9 heteroatoms. The third-order valence-electron chi connectivity index (χ3n) is 4.31. The number of benzene rings is 1. The van der Waals surface area contributed by atoms with Crippen molar-refractivity contribution in [3.8, 4) is 0 Å². The summed E-state index contributed by atoms with van der Waals surface area (Å²) in [5.74, 6) is -0.0675.